The molecule has 0 spiro atoms. The maximum atomic E-state index is 10.4. The van der Waals surface area contributed by atoms with Crippen LogP contribution in [0.15, 0.2) is 29.2 Å². The van der Waals surface area contributed by atoms with Crippen molar-refractivity contribution in [3.63, 3.8) is 0 Å². The molecule has 1 saturated heterocycles. The highest BCUT2D eigenvalue weighted by atomic mass is 31.2. The van der Waals surface area contributed by atoms with Crippen molar-refractivity contribution in [2.75, 3.05) is 26.1 Å². The van der Waals surface area contributed by atoms with E-state index < -0.39 is 31.4 Å². The normalized spacial score (nSPS) is 31.2. The number of aliphatic imine (C=N–C) groups is 1. The van der Waals surface area contributed by atoms with E-state index in [4.69, 9.17) is 15.6 Å². The van der Waals surface area contributed by atoms with Crippen molar-refractivity contribution in [3.8, 4) is 0 Å². The van der Waals surface area contributed by atoms with Crippen LogP contribution in [0.25, 0.3) is 0 Å². The van der Waals surface area contributed by atoms with E-state index in [1.807, 2.05) is 0 Å². The Balaban J connectivity index is 2.14. The molecule has 2 aliphatic heterocycles. The molecule has 2 heterocycles. The van der Waals surface area contributed by atoms with Gasteiger partial charge in [-0.25, -0.2) is 4.99 Å². The zero-order valence-corrected chi connectivity index (χ0v) is 15.2. The fraction of sp³-hybridized carbons (Fsp3) is 0.625. The van der Waals surface area contributed by atoms with E-state index in [-0.39, 0.29) is 6.61 Å². The first kappa shape index (κ1) is 19.2. The Bertz CT molecular complexity index is 598. The van der Waals surface area contributed by atoms with Gasteiger partial charge >= 0.3 is 0 Å². The number of nitrogens with two attached hydrogens (primary N) is 1. The topological polar surface area (TPSA) is 112 Å². The summed E-state index contributed by atoms with van der Waals surface area (Å²) in [7, 11) is 0. The number of hydrogen-bond acceptors (Lipinski definition) is 7. The van der Waals surface area contributed by atoms with Gasteiger partial charge in [0, 0.05) is 24.8 Å². The van der Waals surface area contributed by atoms with Crippen LogP contribution in [0.3, 0.4) is 0 Å². The molecule has 24 heavy (non-hydrogen) atoms. The Labute approximate surface area is 143 Å². The van der Waals surface area contributed by atoms with Crippen LogP contribution in [-0.2, 0) is 4.74 Å². The Kier molecular flexibility index (Phi) is 5.94. The van der Waals surface area contributed by atoms with Crippen molar-refractivity contribution in [2.45, 2.75) is 37.4 Å². The average molecular weight is 357 g/mol. The summed E-state index contributed by atoms with van der Waals surface area (Å²) in [4.78, 5) is 5.72. The van der Waals surface area contributed by atoms with E-state index in [0.29, 0.717) is 30.1 Å². The minimum Gasteiger partial charge on any atom is -0.396 e. The number of rotatable bonds is 6. The summed E-state index contributed by atoms with van der Waals surface area (Å²) < 4.78 is 5.89. The summed E-state index contributed by atoms with van der Waals surface area (Å²) in [5.74, 6) is 0.620. The SMILES string of the molecule is C=C1N=C(N)C(CCO)=CN1C1O[C@H](CCP(=C)(C)C)[C@@H](O)[C@H]1O. The van der Waals surface area contributed by atoms with E-state index in [1.54, 1.807) is 11.1 Å². The quantitative estimate of drug-likeness (QED) is 0.496. The number of ether oxygens (including phenoxy) is 1. The lowest BCUT2D eigenvalue weighted by Gasteiger charge is -2.32. The first-order chi connectivity index (χ1) is 11.1. The molecule has 0 radical (unpaired) electrons. The minimum absolute atomic E-state index is 0.0655. The van der Waals surface area contributed by atoms with Gasteiger partial charge in [-0.2, -0.15) is 0 Å². The predicted molar refractivity (Wildman–Crippen MR) is 98.4 cm³/mol. The molecule has 136 valence electrons. The van der Waals surface area contributed by atoms with Crippen molar-refractivity contribution in [2.24, 2.45) is 10.7 Å². The van der Waals surface area contributed by atoms with Crippen LogP contribution in [0.1, 0.15) is 12.8 Å². The molecule has 0 saturated carbocycles. The van der Waals surface area contributed by atoms with Gasteiger partial charge < -0.3 is 30.7 Å². The number of nitrogens with zero attached hydrogens (tertiary/aromatic N) is 2. The van der Waals surface area contributed by atoms with Gasteiger partial charge in [0.2, 0.25) is 0 Å². The van der Waals surface area contributed by atoms with Crippen molar-refractivity contribution in [1.29, 1.82) is 0 Å². The lowest BCUT2D eigenvalue weighted by Crippen LogP contribution is -2.42. The monoisotopic (exact) mass is 357 g/mol. The molecule has 1 unspecified atom stereocenters. The zero-order chi connectivity index (χ0) is 18.1. The summed E-state index contributed by atoms with van der Waals surface area (Å²) in [5, 5.41) is 29.8. The third-order valence-corrected chi connectivity index (χ3v) is 5.65. The molecule has 0 aliphatic carbocycles. The van der Waals surface area contributed by atoms with E-state index in [0.717, 1.165) is 6.16 Å². The largest absolute Gasteiger partial charge is 0.396 e. The van der Waals surface area contributed by atoms with Crippen molar-refractivity contribution in [3.05, 3.63) is 24.2 Å². The smallest absolute Gasteiger partial charge is 0.164 e. The molecular weight excluding hydrogens is 329 g/mol. The number of aliphatic hydroxyl groups excluding tert-OH is 3. The number of aliphatic hydroxyl groups is 3. The van der Waals surface area contributed by atoms with Crippen LogP contribution in [0.4, 0.5) is 0 Å². The molecule has 5 N–H and O–H groups in total. The third-order valence-electron chi connectivity index (χ3n) is 4.18. The highest BCUT2D eigenvalue weighted by Gasteiger charge is 2.45. The van der Waals surface area contributed by atoms with Crippen LogP contribution in [0.2, 0.25) is 0 Å². The molecule has 2 aliphatic rings. The van der Waals surface area contributed by atoms with Gasteiger partial charge in [0.1, 0.15) is 23.9 Å². The Hall–Kier alpha value is -1.11. The van der Waals surface area contributed by atoms with E-state index in [2.05, 4.69) is 31.2 Å². The maximum Gasteiger partial charge on any atom is 0.164 e. The molecule has 8 heteroatoms. The molecule has 0 aromatic rings. The van der Waals surface area contributed by atoms with E-state index in [1.165, 1.54) is 0 Å². The standard InChI is InChI=1S/C16H28N3O4P/c1-10-18-15(17)11(5-7-20)9-19(10)16-14(22)13(21)12(23-16)6-8-24(2,3)4/h9,12-14,16,20-22H,1-2,5-8H2,3-4H3,(H2,17,18)/t12-,13-,14-,16?/m1/s1. The molecular formula is C16H28N3O4P. The van der Waals surface area contributed by atoms with Crippen LogP contribution in [0, 0.1) is 0 Å². The molecule has 0 bridgehead atoms. The first-order valence-electron chi connectivity index (χ1n) is 7.96. The predicted octanol–water partition coefficient (Wildman–Crippen LogP) is -0.0573. The highest BCUT2D eigenvalue weighted by molar-refractivity contribution is 7.72. The second-order valence-electron chi connectivity index (χ2n) is 6.94. The zero-order valence-electron chi connectivity index (χ0n) is 14.3. The summed E-state index contributed by atoms with van der Waals surface area (Å²) >= 11 is 0. The van der Waals surface area contributed by atoms with Gasteiger partial charge in [0.05, 0.1) is 6.10 Å². The van der Waals surface area contributed by atoms with Crippen molar-refractivity contribution < 1.29 is 20.1 Å². The average Bonchev–Trinajstić information content (AvgIpc) is 2.75. The van der Waals surface area contributed by atoms with Crippen LogP contribution >= 0.6 is 6.89 Å². The van der Waals surface area contributed by atoms with Gasteiger partial charge in [0.15, 0.2) is 6.23 Å². The van der Waals surface area contributed by atoms with Gasteiger partial charge in [0.25, 0.3) is 0 Å². The Morgan fingerprint density at radius 3 is 2.62 bits per heavy atom. The van der Waals surface area contributed by atoms with Crippen LogP contribution < -0.4 is 5.73 Å². The highest BCUT2D eigenvalue weighted by Crippen LogP contribution is 2.39. The summed E-state index contributed by atoms with van der Waals surface area (Å²) in [6.07, 6.45) is 4.36. The lowest BCUT2D eigenvalue weighted by atomic mass is 10.1. The molecule has 1 fully saturated rings. The van der Waals surface area contributed by atoms with E-state index >= 15 is 0 Å². The van der Waals surface area contributed by atoms with Gasteiger partial charge in [-0.15, -0.1) is 13.2 Å². The second-order valence-corrected chi connectivity index (χ2v) is 11.3. The molecule has 7 nitrogen and oxygen atoms in total. The number of hydrogen-bond donors (Lipinski definition) is 4. The molecule has 0 amide bonds. The minimum atomic E-state index is -1.24. The molecule has 2 rings (SSSR count). The summed E-state index contributed by atoms with van der Waals surface area (Å²) in [5.41, 5.74) is 6.47. The van der Waals surface area contributed by atoms with Gasteiger partial charge in [-0.1, -0.05) is 6.58 Å². The fourth-order valence-electron chi connectivity index (χ4n) is 2.78. The lowest BCUT2D eigenvalue weighted by molar-refractivity contribution is -0.0581. The molecule has 4 atom stereocenters. The third kappa shape index (κ3) is 4.29. The Morgan fingerprint density at radius 1 is 1.38 bits per heavy atom. The van der Waals surface area contributed by atoms with E-state index in [9.17, 15) is 10.2 Å². The molecule has 0 aromatic carbocycles. The van der Waals surface area contributed by atoms with Gasteiger partial charge in [-0.05, 0) is 25.9 Å². The second kappa shape index (κ2) is 7.42. The van der Waals surface area contributed by atoms with Crippen molar-refractivity contribution >= 4 is 19.0 Å². The summed E-state index contributed by atoms with van der Waals surface area (Å²) in [6, 6.07) is 0. The van der Waals surface area contributed by atoms with Crippen LogP contribution in [-0.4, -0.2) is 83.0 Å². The fourth-order valence-corrected chi connectivity index (χ4v) is 3.74. The summed E-state index contributed by atoms with van der Waals surface area (Å²) in [6.45, 7) is 6.77. The first-order valence-corrected chi connectivity index (χ1v) is 11.0. The number of amidine groups is 1. The Morgan fingerprint density at radius 2 is 2.04 bits per heavy atom. The van der Waals surface area contributed by atoms with Crippen molar-refractivity contribution in [1.82, 2.24) is 4.90 Å². The molecule has 0 aromatic heterocycles. The maximum absolute atomic E-state index is 10.4. The van der Waals surface area contributed by atoms with Gasteiger partial charge in [-0.3, -0.25) is 0 Å². The van der Waals surface area contributed by atoms with Crippen LogP contribution in [0.5, 0.6) is 0 Å².